The maximum atomic E-state index is 5.45. The first kappa shape index (κ1) is 18.6. The molecular weight excluding hydrogens is 344 g/mol. The first-order valence-electron chi connectivity index (χ1n) is 9.84. The van der Waals surface area contributed by atoms with E-state index in [1.54, 1.807) is 12.5 Å². The van der Waals surface area contributed by atoms with Crippen LogP contribution in [0.3, 0.4) is 0 Å². The van der Waals surface area contributed by atoms with Gasteiger partial charge in [-0.15, -0.1) is 0 Å². The van der Waals surface area contributed by atoms with Gasteiger partial charge in [0, 0.05) is 11.1 Å². The highest BCUT2D eigenvalue weighted by atomic mass is 16.3. The Labute approximate surface area is 167 Å². The van der Waals surface area contributed by atoms with Crippen LogP contribution in [0.25, 0.3) is 33.0 Å². The van der Waals surface area contributed by atoms with Gasteiger partial charge in [-0.1, -0.05) is 65.8 Å². The molecule has 0 amide bonds. The van der Waals surface area contributed by atoms with E-state index in [4.69, 9.17) is 8.83 Å². The minimum Gasteiger partial charge on any atom is -0.472 e. The van der Waals surface area contributed by atoms with Crippen molar-refractivity contribution in [2.24, 2.45) is 0 Å². The van der Waals surface area contributed by atoms with Gasteiger partial charge in [-0.05, 0) is 56.0 Å². The number of hydrogen-bond donors (Lipinski definition) is 0. The lowest BCUT2D eigenvalue weighted by molar-refractivity contribution is 0.567. The van der Waals surface area contributed by atoms with Gasteiger partial charge in [-0.3, -0.25) is 0 Å². The van der Waals surface area contributed by atoms with Crippen LogP contribution in [0.5, 0.6) is 0 Å². The van der Waals surface area contributed by atoms with Gasteiger partial charge in [0.2, 0.25) is 0 Å². The SMILES string of the molecule is CC(C)(C)c1ccc2c(-c3ccoc3)c(C(C)(C)C)ccc2c1-c1ccoc1. The van der Waals surface area contributed by atoms with Gasteiger partial charge in [-0.2, -0.15) is 0 Å². The van der Waals surface area contributed by atoms with E-state index in [-0.39, 0.29) is 10.8 Å². The number of rotatable bonds is 2. The van der Waals surface area contributed by atoms with Crippen molar-refractivity contribution < 1.29 is 8.83 Å². The van der Waals surface area contributed by atoms with Gasteiger partial charge in [0.1, 0.15) is 0 Å². The number of hydrogen-bond acceptors (Lipinski definition) is 2. The molecule has 0 fully saturated rings. The molecule has 2 aromatic heterocycles. The Morgan fingerprint density at radius 3 is 1.21 bits per heavy atom. The van der Waals surface area contributed by atoms with E-state index < -0.39 is 0 Å². The van der Waals surface area contributed by atoms with Gasteiger partial charge in [-0.25, -0.2) is 0 Å². The fourth-order valence-corrected chi connectivity index (χ4v) is 4.09. The molecule has 0 bridgehead atoms. The molecule has 2 heterocycles. The van der Waals surface area contributed by atoms with E-state index in [0.717, 1.165) is 11.1 Å². The smallest absolute Gasteiger partial charge is 0.0981 e. The van der Waals surface area contributed by atoms with E-state index in [9.17, 15) is 0 Å². The van der Waals surface area contributed by atoms with Gasteiger partial charge in [0.05, 0.1) is 25.1 Å². The molecule has 4 aromatic rings. The van der Waals surface area contributed by atoms with Crippen LogP contribution in [0.4, 0.5) is 0 Å². The van der Waals surface area contributed by atoms with Crippen molar-refractivity contribution in [3.8, 4) is 22.3 Å². The Kier molecular flexibility index (Phi) is 4.26. The first-order valence-corrected chi connectivity index (χ1v) is 9.84. The van der Waals surface area contributed by atoms with Crippen LogP contribution in [-0.2, 0) is 10.8 Å². The third kappa shape index (κ3) is 3.07. The van der Waals surface area contributed by atoms with Crippen molar-refractivity contribution in [2.45, 2.75) is 52.4 Å². The largest absolute Gasteiger partial charge is 0.472 e. The first-order chi connectivity index (χ1) is 13.2. The average molecular weight is 373 g/mol. The summed E-state index contributed by atoms with van der Waals surface area (Å²) >= 11 is 0. The van der Waals surface area contributed by atoms with Crippen molar-refractivity contribution in [2.75, 3.05) is 0 Å². The van der Waals surface area contributed by atoms with Crippen molar-refractivity contribution in [1.82, 2.24) is 0 Å². The predicted octanol–water partition coefficient (Wildman–Crippen LogP) is 7.95. The Morgan fingerprint density at radius 1 is 0.536 bits per heavy atom. The second-order valence-electron chi connectivity index (χ2n) is 9.60. The summed E-state index contributed by atoms with van der Waals surface area (Å²) < 4.78 is 10.9. The lowest BCUT2D eigenvalue weighted by Gasteiger charge is -2.27. The van der Waals surface area contributed by atoms with Crippen molar-refractivity contribution >= 4 is 10.8 Å². The number of furan rings is 2. The molecule has 0 saturated carbocycles. The molecule has 144 valence electrons. The summed E-state index contributed by atoms with van der Waals surface area (Å²) in [5.41, 5.74) is 7.45. The Balaban J connectivity index is 2.16. The molecule has 4 rings (SSSR count). The Hall–Kier alpha value is -2.74. The zero-order valence-electron chi connectivity index (χ0n) is 17.6. The summed E-state index contributed by atoms with van der Waals surface area (Å²) in [5.74, 6) is 0. The highest BCUT2D eigenvalue weighted by Crippen LogP contribution is 2.44. The van der Waals surface area contributed by atoms with Gasteiger partial charge >= 0.3 is 0 Å². The molecule has 0 saturated heterocycles. The van der Waals surface area contributed by atoms with E-state index >= 15 is 0 Å². The molecular formula is C26H28O2. The summed E-state index contributed by atoms with van der Waals surface area (Å²) in [6, 6.07) is 13.2. The molecule has 0 spiro atoms. The third-order valence-electron chi connectivity index (χ3n) is 5.44. The Bertz CT molecular complexity index is 1010. The number of benzene rings is 2. The highest BCUT2D eigenvalue weighted by molar-refractivity contribution is 6.06. The molecule has 0 aliphatic heterocycles. The molecule has 0 aliphatic carbocycles. The molecule has 0 radical (unpaired) electrons. The van der Waals surface area contributed by atoms with Crippen LogP contribution in [0.15, 0.2) is 70.3 Å². The van der Waals surface area contributed by atoms with Crippen molar-refractivity contribution in [3.05, 3.63) is 72.6 Å². The molecule has 0 unspecified atom stereocenters. The lowest BCUT2D eigenvalue weighted by atomic mass is 9.76. The molecule has 0 aliphatic rings. The average Bonchev–Trinajstić information content (AvgIpc) is 3.31. The van der Waals surface area contributed by atoms with E-state index in [1.807, 2.05) is 12.5 Å². The van der Waals surface area contributed by atoms with Crippen molar-refractivity contribution in [3.63, 3.8) is 0 Å². The van der Waals surface area contributed by atoms with Crippen LogP contribution >= 0.6 is 0 Å². The highest BCUT2D eigenvalue weighted by Gasteiger charge is 2.26. The fraction of sp³-hybridized carbons (Fsp3) is 0.308. The molecule has 0 N–H and O–H groups in total. The van der Waals surface area contributed by atoms with Gasteiger partial charge in [0.25, 0.3) is 0 Å². The summed E-state index contributed by atoms with van der Waals surface area (Å²) in [5, 5.41) is 2.50. The van der Waals surface area contributed by atoms with Crippen LogP contribution < -0.4 is 0 Å². The fourth-order valence-electron chi connectivity index (χ4n) is 4.09. The Morgan fingerprint density at radius 2 is 0.929 bits per heavy atom. The van der Waals surface area contributed by atoms with Gasteiger partial charge in [0.15, 0.2) is 0 Å². The van der Waals surface area contributed by atoms with Crippen LogP contribution in [0.2, 0.25) is 0 Å². The quantitative estimate of drug-likeness (QED) is 0.357. The third-order valence-corrected chi connectivity index (χ3v) is 5.44. The van der Waals surface area contributed by atoms with Gasteiger partial charge < -0.3 is 8.83 Å². The summed E-state index contributed by atoms with van der Waals surface area (Å²) in [7, 11) is 0. The number of fused-ring (bicyclic) bond motifs is 1. The minimum absolute atomic E-state index is 0.0271. The normalized spacial score (nSPS) is 12.6. The molecule has 2 aromatic carbocycles. The van der Waals surface area contributed by atoms with Crippen LogP contribution in [-0.4, -0.2) is 0 Å². The van der Waals surface area contributed by atoms with Crippen molar-refractivity contribution in [1.29, 1.82) is 0 Å². The van der Waals surface area contributed by atoms with Crippen LogP contribution in [0, 0.1) is 0 Å². The summed E-state index contributed by atoms with van der Waals surface area (Å²) in [6.45, 7) is 13.6. The van der Waals surface area contributed by atoms with E-state index in [2.05, 4.69) is 77.9 Å². The summed E-state index contributed by atoms with van der Waals surface area (Å²) in [4.78, 5) is 0. The zero-order chi connectivity index (χ0) is 20.1. The van der Waals surface area contributed by atoms with E-state index in [1.165, 1.54) is 33.0 Å². The second kappa shape index (κ2) is 6.41. The monoisotopic (exact) mass is 372 g/mol. The maximum absolute atomic E-state index is 5.45. The van der Waals surface area contributed by atoms with Crippen LogP contribution in [0.1, 0.15) is 52.7 Å². The molecule has 2 nitrogen and oxygen atoms in total. The second-order valence-corrected chi connectivity index (χ2v) is 9.60. The molecule has 28 heavy (non-hydrogen) atoms. The standard InChI is InChI=1S/C26H28O2/c1-25(2,3)21-9-7-20-19(23(21)17-11-13-27-15-17)8-10-22(26(4,5)6)24(20)18-12-14-28-16-18/h7-16H,1-6H3. The maximum Gasteiger partial charge on any atom is 0.0981 e. The zero-order valence-corrected chi connectivity index (χ0v) is 17.6. The predicted molar refractivity (Wildman–Crippen MR) is 117 cm³/mol. The molecule has 2 heteroatoms. The topological polar surface area (TPSA) is 26.3 Å². The molecule has 0 atom stereocenters. The lowest BCUT2D eigenvalue weighted by Crippen LogP contribution is -2.15. The minimum atomic E-state index is 0.0271. The van der Waals surface area contributed by atoms with E-state index in [0.29, 0.717) is 0 Å². The summed E-state index contributed by atoms with van der Waals surface area (Å²) in [6.07, 6.45) is 7.20.